The molecule has 3 rings (SSSR count). The quantitative estimate of drug-likeness (QED) is 0.874. The second kappa shape index (κ2) is 7.12. The molecule has 24 heavy (non-hydrogen) atoms. The molecule has 0 saturated carbocycles. The van der Waals surface area contributed by atoms with E-state index < -0.39 is 0 Å². The molecule has 1 saturated heterocycles. The fraction of sp³-hybridized carbons (Fsp3) is 0.278. The lowest BCUT2D eigenvalue weighted by Crippen LogP contribution is -2.48. The van der Waals surface area contributed by atoms with Crippen LogP contribution in [0.1, 0.15) is 15.9 Å². The SMILES string of the molecule is Cc1ccc(Nc2cncc(C(=O)N3CCN(C=O)CC3)c2)cc1. The van der Waals surface area contributed by atoms with Crippen LogP contribution in [0.5, 0.6) is 0 Å². The van der Waals surface area contributed by atoms with Crippen molar-refractivity contribution in [2.45, 2.75) is 6.92 Å². The molecular formula is C18H20N4O2. The molecule has 1 aromatic heterocycles. The molecule has 6 nitrogen and oxygen atoms in total. The van der Waals surface area contributed by atoms with Gasteiger partial charge in [0, 0.05) is 38.1 Å². The van der Waals surface area contributed by atoms with Gasteiger partial charge in [-0.3, -0.25) is 14.6 Å². The number of benzene rings is 1. The molecule has 1 N–H and O–H groups in total. The van der Waals surface area contributed by atoms with E-state index in [1.165, 1.54) is 5.56 Å². The number of amides is 2. The van der Waals surface area contributed by atoms with Crippen LogP contribution in [0.2, 0.25) is 0 Å². The summed E-state index contributed by atoms with van der Waals surface area (Å²) in [6.07, 6.45) is 4.10. The minimum absolute atomic E-state index is 0.0550. The second-order valence-electron chi connectivity index (χ2n) is 5.89. The van der Waals surface area contributed by atoms with E-state index in [2.05, 4.69) is 10.3 Å². The average Bonchev–Trinajstić information content (AvgIpc) is 2.63. The maximum atomic E-state index is 12.6. The van der Waals surface area contributed by atoms with Crippen molar-refractivity contribution in [2.24, 2.45) is 0 Å². The molecule has 2 amide bonds. The van der Waals surface area contributed by atoms with Gasteiger partial charge in [-0.1, -0.05) is 17.7 Å². The van der Waals surface area contributed by atoms with E-state index in [0.29, 0.717) is 31.7 Å². The summed E-state index contributed by atoms with van der Waals surface area (Å²) in [5.41, 5.74) is 3.46. The number of anilines is 2. The van der Waals surface area contributed by atoms with Gasteiger partial charge in [-0.2, -0.15) is 0 Å². The largest absolute Gasteiger partial charge is 0.354 e. The van der Waals surface area contributed by atoms with Gasteiger partial charge in [-0.05, 0) is 25.1 Å². The third-order valence-corrected chi connectivity index (χ3v) is 4.08. The lowest BCUT2D eigenvalue weighted by atomic mass is 10.2. The van der Waals surface area contributed by atoms with Gasteiger partial charge in [-0.15, -0.1) is 0 Å². The third kappa shape index (κ3) is 3.71. The number of aromatic nitrogens is 1. The van der Waals surface area contributed by atoms with Crippen LogP contribution in [0.25, 0.3) is 0 Å². The molecule has 0 spiro atoms. The van der Waals surface area contributed by atoms with Crippen LogP contribution in [0.4, 0.5) is 11.4 Å². The number of piperazine rings is 1. The molecule has 2 heterocycles. The minimum atomic E-state index is -0.0550. The highest BCUT2D eigenvalue weighted by molar-refractivity contribution is 5.95. The van der Waals surface area contributed by atoms with Crippen LogP contribution in [0.15, 0.2) is 42.7 Å². The lowest BCUT2D eigenvalue weighted by Gasteiger charge is -2.32. The van der Waals surface area contributed by atoms with Crippen molar-refractivity contribution in [3.8, 4) is 0 Å². The first-order chi connectivity index (χ1) is 11.7. The van der Waals surface area contributed by atoms with Crippen LogP contribution in [-0.4, -0.2) is 53.3 Å². The first kappa shape index (κ1) is 16.0. The minimum Gasteiger partial charge on any atom is -0.354 e. The molecule has 124 valence electrons. The monoisotopic (exact) mass is 324 g/mol. The van der Waals surface area contributed by atoms with Crippen LogP contribution >= 0.6 is 0 Å². The number of carbonyl (C=O) groups is 2. The molecule has 0 unspecified atom stereocenters. The number of rotatable bonds is 4. The summed E-state index contributed by atoms with van der Waals surface area (Å²) in [6.45, 7) is 4.28. The first-order valence-corrected chi connectivity index (χ1v) is 7.93. The van der Waals surface area contributed by atoms with E-state index in [1.54, 1.807) is 28.3 Å². The standard InChI is InChI=1S/C18H20N4O2/c1-14-2-4-16(5-3-14)20-17-10-15(11-19-12-17)18(24)22-8-6-21(13-23)7-9-22/h2-5,10-13,20H,6-9H2,1H3. The molecule has 6 heteroatoms. The predicted molar refractivity (Wildman–Crippen MR) is 92.2 cm³/mol. The van der Waals surface area contributed by atoms with Crippen molar-refractivity contribution >= 4 is 23.7 Å². The number of aryl methyl sites for hydroxylation is 1. The van der Waals surface area contributed by atoms with Gasteiger partial charge in [0.15, 0.2) is 0 Å². The summed E-state index contributed by atoms with van der Waals surface area (Å²) >= 11 is 0. The Bertz CT molecular complexity index is 722. The molecular weight excluding hydrogens is 304 g/mol. The summed E-state index contributed by atoms with van der Waals surface area (Å²) in [7, 11) is 0. The van der Waals surface area contributed by atoms with Gasteiger partial charge < -0.3 is 15.1 Å². The molecule has 1 aromatic carbocycles. The van der Waals surface area contributed by atoms with E-state index in [0.717, 1.165) is 17.8 Å². The van der Waals surface area contributed by atoms with E-state index in [1.807, 2.05) is 31.2 Å². The van der Waals surface area contributed by atoms with Crippen molar-refractivity contribution in [1.82, 2.24) is 14.8 Å². The summed E-state index contributed by atoms with van der Waals surface area (Å²) in [5.74, 6) is -0.0550. The zero-order chi connectivity index (χ0) is 16.9. The molecule has 1 aliphatic heterocycles. The van der Waals surface area contributed by atoms with Crippen molar-refractivity contribution in [3.05, 3.63) is 53.9 Å². The second-order valence-corrected chi connectivity index (χ2v) is 5.89. The summed E-state index contributed by atoms with van der Waals surface area (Å²) in [4.78, 5) is 30.9. The molecule has 0 atom stereocenters. The molecule has 0 bridgehead atoms. The smallest absolute Gasteiger partial charge is 0.255 e. The maximum absolute atomic E-state index is 12.6. The number of hydrogen-bond donors (Lipinski definition) is 1. The maximum Gasteiger partial charge on any atom is 0.255 e. The lowest BCUT2D eigenvalue weighted by molar-refractivity contribution is -0.119. The van der Waals surface area contributed by atoms with Gasteiger partial charge in [0.1, 0.15) is 0 Å². The van der Waals surface area contributed by atoms with Crippen molar-refractivity contribution in [1.29, 1.82) is 0 Å². The van der Waals surface area contributed by atoms with E-state index in [-0.39, 0.29) is 5.91 Å². The Morgan fingerprint density at radius 1 is 1.08 bits per heavy atom. The Labute approximate surface area is 141 Å². The molecule has 0 radical (unpaired) electrons. The fourth-order valence-electron chi connectivity index (χ4n) is 2.64. The number of hydrogen-bond acceptors (Lipinski definition) is 4. The zero-order valence-electron chi connectivity index (χ0n) is 13.6. The third-order valence-electron chi connectivity index (χ3n) is 4.08. The van der Waals surface area contributed by atoms with Gasteiger partial charge in [0.25, 0.3) is 5.91 Å². The van der Waals surface area contributed by atoms with Gasteiger partial charge in [-0.25, -0.2) is 0 Å². The Balaban J connectivity index is 1.69. The highest BCUT2D eigenvalue weighted by atomic mass is 16.2. The predicted octanol–water partition coefficient (Wildman–Crippen LogP) is 2.05. The Morgan fingerprint density at radius 3 is 2.46 bits per heavy atom. The fourth-order valence-corrected chi connectivity index (χ4v) is 2.64. The van der Waals surface area contributed by atoms with Gasteiger partial charge in [0.05, 0.1) is 17.4 Å². The Morgan fingerprint density at radius 2 is 1.79 bits per heavy atom. The summed E-state index contributed by atoms with van der Waals surface area (Å²) in [5, 5.41) is 3.26. The van der Waals surface area contributed by atoms with Crippen LogP contribution in [0.3, 0.4) is 0 Å². The van der Waals surface area contributed by atoms with Crippen LogP contribution in [0, 0.1) is 6.92 Å². The Hall–Kier alpha value is -2.89. The Kier molecular flexibility index (Phi) is 4.74. The van der Waals surface area contributed by atoms with E-state index >= 15 is 0 Å². The molecule has 1 aliphatic rings. The van der Waals surface area contributed by atoms with Gasteiger partial charge >= 0.3 is 0 Å². The normalized spacial score (nSPS) is 14.4. The zero-order valence-corrected chi connectivity index (χ0v) is 13.6. The molecule has 1 fully saturated rings. The van der Waals surface area contributed by atoms with Crippen LogP contribution in [-0.2, 0) is 4.79 Å². The molecule has 2 aromatic rings. The summed E-state index contributed by atoms with van der Waals surface area (Å²) in [6, 6.07) is 9.83. The van der Waals surface area contributed by atoms with Crippen LogP contribution < -0.4 is 5.32 Å². The first-order valence-electron chi connectivity index (χ1n) is 7.93. The van der Waals surface area contributed by atoms with Crippen molar-refractivity contribution in [2.75, 3.05) is 31.5 Å². The number of pyridine rings is 1. The molecule has 0 aliphatic carbocycles. The number of nitrogens with zero attached hydrogens (tertiary/aromatic N) is 3. The number of nitrogens with one attached hydrogen (secondary N) is 1. The summed E-state index contributed by atoms with van der Waals surface area (Å²) < 4.78 is 0. The van der Waals surface area contributed by atoms with Gasteiger partial charge in [0.2, 0.25) is 6.41 Å². The highest BCUT2D eigenvalue weighted by Gasteiger charge is 2.21. The van der Waals surface area contributed by atoms with Crippen molar-refractivity contribution in [3.63, 3.8) is 0 Å². The average molecular weight is 324 g/mol. The van der Waals surface area contributed by atoms with Crippen molar-refractivity contribution < 1.29 is 9.59 Å². The topological polar surface area (TPSA) is 65.5 Å². The number of carbonyl (C=O) groups excluding carboxylic acids is 2. The van der Waals surface area contributed by atoms with E-state index in [9.17, 15) is 9.59 Å². The highest BCUT2D eigenvalue weighted by Crippen LogP contribution is 2.18. The van der Waals surface area contributed by atoms with E-state index in [4.69, 9.17) is 0 Å².